The van der Waals surface area contributed by atoms with E-state index in [0.29, 0.717) is 36.8 Å². The lowest BCUT2D eigenvalue weighted by molar-refractivity contribution is -0.128. The van der Waals surface area contributed by atoms with Gasteiger partial charge in [-0.2, -0.15) is 0 Å². The minimum atomic E-state index is -0.860. The van der Waals surface area contributed by atoms with Crippen LogP contribution in [0.25, 0.3) is 11.3 Å². The lowest BCUT2D eigenvalue weighted by Crippen LogP contribution is -2.50. The van der Waals surface area contributed by atoms with Crippen LogP contribution in [-0.2, 0) is 11.3 Å². The molecule has 3 aromatic rings. The van der Waals surface area contributed by atoms with Crippen molar-refractivity contribution in [2.24, 2.45) is 11.8 Å². The second-order valence-corrected chi connectivity index (χ2v) is 11.3. The van der Waals surface area contributed by atoms with E-state index >= 15 is 0 Å². The van der Waals surface area contributed by atoms with Crippen molar-refractivity contribution in [3.05, 3.63) is 63.8 Å². The summed E-state index contributed by atoms with van der Waals surface area (Å²) in [6.45, 7) is 3.64. The number of rotatable bonds is 7. The Morgan fingerprint density at radius 3 is 2.77 bits per heavy atom. The van der Waals surface area contributed by atoms with Crippen molar-refractivity contribution in [3.8, 4) is 11.3 Å². The van der Waals surface area contributed by atoms with Gasteiger partial charge in [-0.25, -0.2) is 8.78 Å². The molecule has 0 radical (unpaired) electrons. The fourth-order valence-corrected chi connectivity index (χ4v) is 5.76. The van der Waals surface area contributed by atoms with E-state index in [4.69, 9.17) is 5.73 Å². The summed E-state index contributed by atoms with van der Waals surface area (Å²) >= 11 is 2.85. The molecule has 2 aromatic carbocycles. The van der Waals surface area contributed by atoms with Crippen LogP contribution >= 0.6 is 15.9 Å². The van der Waals surface area contributed by atoms with Crippen LogP contribution in [0.15, 0.2) is 41.0 Å². The molecule has 11 heteroatoms. The zero-order valence-electron chi connectivity index (χ0n) is 21.7. The number of nitrogens with two attached hydrogens (primary N) is 1. The molecule has 2 heterocycles. The molecule has 1 saturated heterocycles. The molecule has 1 atom stereocenters. The van der Waals surface area contributed by atoms with Gasteiger partial charge in [0.2, 0.25) is 5.91 Å². The van der Waals surface area contributed by atoms with Gasteiger partial charge in [-0.3, -0.25) is 14.3 Å². The fraction of sp³-hybridized carbons (Fsp3) is 0.429. The number of nitrogens with one attached hydrogen (secondary N) is 1. The van der Waals surface area contributed by atoms with Gasteiger partial charge in [-0.05, 0) is 78.6 Å². The van der Waals surface area contributed by atoms with Crippen molar-refractivity contribution in [1.82, 2.24) is 25.2 Å². The van der Waals surface area contributed by atoms with E-state index in [9.17, 15) is 18.4 Å². The molecule has 1 aliphatic carbocycles. The summed E-state index contributed by atoms with van der Waals surface area (Å²) in [6.07, 6.45) is 5.82. The first-order valence-corrected chi connectivity index (χ1v) is 14.0. The summed E-state index contributed by atoms with van der Waals surface area (Å²) in [6, 6.07) is 8.82. The Bertz CT molecular complexity index is 1390. The number of hydrogen-bond acceptors (Lipinski definition) is 5. The largest absolute Gasteiger partial charge is 0.396 e. The number of hydrogen-bond donors (Lipinski definition) is 2. The topological polar surface area (TPSA) is 106 Å². The fourth-order valence-electron chi connectivity index (χ4n) is 5.43. The lowest BCUT2D eigenvalue weighted by atomic mass is 9.78. The standard InChI is InChI=1S/C28H31BrF2N6O2/c1-16-5-2-3-7-20(16)28(39)36-9-4-6-18(14-36)27(38)33-19-11-17(12-19)8-10-37-15-23(34-35-37)21-13-22(30)24(29)25(31)26(21)32/h2-3,5,7,13,15,17-19H,4,6,8-12,14,32H2,1H3,(H,33,38)/t17?,18-,19?/m0/s1. The highest BCUT2D eigenvalue weighted by molar-refractivity contribution is 9.10. The molecule has 2 fully saturated rings. The monoisotopic (exact) mass is 600 g/mol. The number of likely N-dealkylation sites (tertiary alicyclic amines) is 1. The predicted octanol–water partition coefficient (Wildman–Crippen LogP) is 4.71. The number of nitrogens with zero attached hydrogens (tertiary/aromatic N) is 4. The average Bonchev–Trinajstić information content (AvgIpc) is 3.39. The molecule has 39 heavy (non-hydrogen) atoms. The number of amides is 2. The van der Waals surface area contributed by atoms with E-state index in [0.717, 1.165) is 43.7 Å². The third kappa shape index (κ3) is 5.83. The van der Waals surface area contributed by atoms with Crippen LogP contribution in [0.3, 0.4) is 0 Å². The third-order valence-electron chi connectivity index (χ3n) is 7.82. The molecule has 5 rings (SSSR count). The van der Waals surface area contributed by atoms with Crippen LogP contribution in [-0.4, -0.2) is 50.8 Å². The Labute approximate surface area is 234 Å². The smallest absolute Gasteiger partial charge is 0.254 e. The van der Waals surface area contributed by atoms with Crippen molar-refractivity contribution >= 4 is 33.4 Å². The van der Waals surface area contributed by atoms with Crippen molar-refractivity contribution < 1.29 is 18.4 Å². The molecule has 206 valence electrons. The van der Waals surface area contributed by atoms with Crippen LogP contribution in [0.5, 0.6) is 0 Å². The van der Waals surface area contributed by atoms with Crippen molar-refractivity contribution in [1.29, 1.82) is 0 Å². The molecule has 0 unspecified atom stereocenters. The Morgan fingerprint density at radius 1 is 1.23 bits per heavy atom. The van der Waals surface area contributed by atoms with Gasteiger partial charge in [-0.15, -0.1) is 5.10 Å². The number of piperidine rings is 1. The molecule has 0 bridgehead atoms. The second kappa shape index (κ2) is 11.4. The first kappa shape index (κ1) is 27.2. The highest BCUT2D eigenvalue weighted by Gasteiger charge is 2.34. The first-order chi connectivity index (χ1) is 18.7. The van der Waals surface area contributed by atoms with Crippen LogP contribution in [0.2, 0.25) is 0 Å². The van der Waals surface area contributed by atoms with E-state index in [2.05, 4.69) is 31.6 Å². The average molecular weight is 601 g/mol. The number of benzene rings is 2. The normalized spacial score (nSPS) is 20.9. The summed E-state index contributed by atoms with van der Waals surface area (Å²) in [7, 11) is 0. The molecule has 1 aliphatic heterocycles. The summed E-state index contributed by atoms with van der Waals surface area (Å²) in [5.74, 6) is -1.37. The maximum Gasteiger partial charge on any atom is 0.254 e. The molecule has 3 N–H and O–H groups in total. The molecule has 2 aliphatic rings. The van der Waals surface area contributed by atoms with E-state index in [1.807, 2.05) is 31.2 Å². The number of carbonyl (C=O) groups excluding carboxylic acids is 2. The van der Waals surface area contributed by atoms with Crippen molar-refractivity contribution in [2.75, 3.05) is 18.8 Å². The van der Waals surface area contributed by atoms with Crippen LogP contribution in [0, 0.1) is 30.4 Å². The van der Waals surface area contributed by atoms with E-state index in [-0.39, 0.29) is 39.5 Å². The summed E-state index contributed by atoms with van der Waals surface area (Å²) < 4.78 is 29.4. The third-order valence-corrected chi connectivity index (χ3v) is 8.54. The predicted molar refractivity (Wildman–Crippen MR) is 147 cm³/mol. The number of aromatic nitrogens is 3. The van der Waals surface area contributed by atoms with Crippen LogP contribution < -0.4 is 11.1 Å². The van der Waals surface area contributed by atoms with Gasteiger partial charge < -0.3 is 16.0 Å². The van der Waals surface area contributed by atoms with Gasteiger partial charge in [0.1, 0.15) is 11.5 Å². The molecule has 8 nitrogen and oxygen atoms in total. The van der Waals surface area contributed by atoms with Crippen LogP contribution in [0.4, 0.5) is 14.5 Å². The van der Waals surface area contributed by atoms with E-state index < -0.39 is 11.6 Å². The maximum absolute atomic E-state index is 14.1. The number of anilines is 1. The van der Waals surface area contributed by atoms with E-state index in [1.54, 1.807) is 15.8 Å². The van der Waals surface area contributed by atoms with Gasteiger partial charge in [0, 0.05) is 36.8 Å². The van der Waals surface area contributed by atoms with Crippen molar-refractivity contribution in [3.63, 3.8) is 0 Å². The zero-order valence-corrected chi connectivity index (χ0v) is 23.3. The number of nitrogen functional groups attached to an aromatic ring is 1. The van der Waals surface area contributed by atoms with Crippen molar-refractivity contribution in [2.45, 2.75) is 51.6 Å². The Morgan fingerprint density at radius 2 is 2.00 bits per heavy atom. The van der Waals surface area contributed by atoms with E-state index in [1.165, 1.54) is 0 Å². The zero-order chi connectivity index (χ0) is 27.7. The first-order valence-electron chi connectivity index (χ1n) is 13.2. The molecule has 1 saturated carbocycles. The molecular formula is C28H31BrF2N6O2. The number of halogens is 3. The van der Waals surface area contributed by atoms with Gasteiger partial charge in [-0.1, -0.05) is 23.4 Å². The molecular weight excluding hydrogens is 570 g/mol. The second-order valence-electron chi connectivity index (χ2n) is 10.6. The van der Waals surface area contributed by atoms with Gasteiger partial charge in [0.05, 0.1) is 22.3 Å². The highest BCUT2D eigenvalue weighted by atomic mass is 79.9. The summed E-state index contributed by atoms with van der Waals surface area (Å²) in [5, 5.41) is 11.3. The Balaban J connectivity index is 1.08. The van der Waals surface area contributed by atoms with Crippen LogP contribution in [0.1, 0.15) is 48.0 Å². The lowest BCUT2D eigenvalue weighted by Gasteiger charge is -2.38. The summed E-state index contributed by atoms with van der Waals surface area (Å²) in [4.78, 5) is 27.8. The number of carbonyl (C=O) groups is 2. The Kier molecular flexibility index (Phi) is 7.97. The molecule has 1 aromatic heterocycles. The number of aryl methyl sites for hydroxylation is 2. The summed E-state index contributed by atoms with van der Waals surface area (Å²) in [5.41, 5.74) is 7.72. The minimum Gasteiger partial charge on any atom is -0.396 e. The minimum absolute atomic E-state index is 0.0105. The SMILES string of the molecule is Cc1ccccc1C(=O)N1CCC[C@H](C(=O)NC2CC(CCn3cc(-c4cc(F)c(Br)c(F)c4N)nn3)C2)C1. The quantitative estimate of drug-likeness (QED) is 0.302. The Hall–Kier alpha value is -3.34. The van der Waals surface area contributed by atoms with Gasteiger partial charge in [0.15, 0.2) is 5.82 Å². The van der Waals surface area contributed by atoms with Gasteiger partial charge in [0.25, 0.3) is 5.91 Å². The molecule has 0 spiro atoms. The molecule has 2 amide bonds. The highest BCUT2D eigenvalue weighted by Crippen LogP contribution is 2.34. The van der Waals surface area contributed by atoms with Gasteiger partial charge >= 0.3 is 0 Å². The maximum atomic E-state index is 14.1.